The molecule has 0 fully saturated rings. The molecule has 0 spiro atoms. The Morgan fingerprint density at radius 2 is 0.487 bits per heavy atom. The molecule has 452 valence electrons. The Bertz CT molecular complexity index is 1750. The molecule has 0 heterocycles. The predicted molar refractivity (Wildman–Crippen MR) is 348 cm³/mol. The molecule has 6 heteroatoms. The van der Waals surface area contributed by atoms with E-state index in [9.17, 15) is 14.4 Å². The molecule has 1 atom stereocenters. The maximum absolute atomic E-state index is 12.9. The molecule has 0 aromatic rings. The number of rotatable bonds is 58. The topological polar surface area (TPSA) is 78.9 Å². The summed E-state index contributed by atoms with van der Waals surface area (Å²) in [4.78, 5) is 38.3. The Morgan fingerprint density at radius 1 is 0.263 bits per heavy atom. The van der Waals surface area contributed by atoms with Gasteiger partial charge in [-0.05, 0) is 122 Å². The van der Waals surface area contributed by atoms with Gasteiger partial charge in [0.25, 0.3) is 0 Å². The van der Waals surface area contributed by atoms with E-state index in [0.29, 0.717) is 19.3 Å². The van der Waals surface area contributed by atoms with E-state index in [1.165, 1.54) is 83.5 Å². The van der Waals surface area contributed by atoms with Crippen molar-refractivity contribution >= 4 is 17.9 Å². The maximum Gasteiger partial charge on any atom is 0.306 e. The van der Waals surface area contributed by atoms with E-state index in [1.54, 1.807) is 0 Å². The maximum atomic E-state index is 12.9. The summed E-state index contributed by atoms with van der Waals surface area (Å²) in [5.74, 6) is -0.916. The van der Waals surface area contributed by atoms with Crippen LogP contribution in [0, 0.1) is 0 Å². The van der Waals surface area contributed by atoms with Crippen LogP contribution in [0.2, 0.25) is 0 Å². The molecular weight excluding hydrogens is 985 g/mol. The molecule has 0 aliphatic rings. The van der Waals surface area contributed by atoms with Crippen molar-refractivity contribution in [3.05, 3.63) is 146 Å². The molecule has 0 rings (SSSR count). The molecule has 1 unspecified atom stereocenters. The van der Waals surface area contributed by atoms with Gasteiger partial charge in [-0.3, -0.25) is 14.4 Å². The van der Waals surface area contributed by atoms with Crippen molar-refractivity contribution in [3.63, 3.8) is 0 Å². The summed E-state index contributed by atoms with van der Waals surface area (Å²) >= 11 is 0. The molecule has 0 aliphatic heterocycles. The molecule has 0 radical (unpaired) electrons. The van der Waals surface area contributed by atoms with Gasteiger partial charge in [-0.15, -0.1) is 0 Å². The summed E-state index contributed by atoms with van der Waals surface area (Å²) < 4.78 is 16.9. The normalized spacial score (nSPS) is 13.1. The number of allylic oxidation sites excluding steroid dienone is 24. The van der Waals surface area contributed by atoms with Gasteiger partial charge in [0, 0.05) is 19.3 Å². The predicted octanol–water partition coefficient (Wildman–Crippen LogP) is 22.7. The first-order valence-corrected chi connectivity index (χ1v) is 32.8. The first-order valence-electron chi connectivity index (χ1n) is 32.8. The van der Waals surface area contributed by atoms with Crippen LogP contribution in [0.4, 0.5) is 0 Å². The monoisotopic (exact) mass is 1100 g/mol. The third-order valence-electron chi connectivity index (χ3n) is 13.6. The second kappa shape index (κ2) is 66.8. The average molecular weight is 1110 g/mol. The van der Waals surface area contributed by atoms with Crippen LogP contribution in [0.25, 0.3) is 0 Å². The van der Waals surface area contributed by atoms with Gasteiger partial charge in [0.15, 0.2) is 6.10 Å². The van der Waals surface area contributed by atoms with Gasteiger partial charge in [0.05, 0.1) is 0 Å². The van der Waals surface area contributed by atoms with E-state index in [0.717, 1.165) is 161 Å². The minimum atomic E-state index is -0.795. The fourth-order valence-electron chi connectivity index (χ4n) is 8.74. The van der Waals surface area contributed by atoms with Crippen LogP contribution in [-0.4, -0.2) is 37.2 Å². The molecule has 0 saturated heterocycles. The third-order valence-corrected chi connectivity index (χ3v) is 13.6. The van der Waals surface area contributed by atoms with Crippen molar-refractivity contribution in [1.82, 2.24) is 0 Å². The van der Waals surface area contributed by atoms with Crippen molar-refractivity contribution in [2.75, 3.05) is 13.2 Å². The fourth-order valence-corrected chi connectivity index (χ4v) is 8.74. The van der Waals surface area contributed by atoms with E-state index in [1.807, 2.05) is 0 Å². The molecule has 0 aromatic carbocycles. The van der Waals surface area contributed by atoms with Crippen LogP contribution >= 0.6 is 0 Å². The van der Waals surface area contributed by atoms with Crippen molar-refractivity contribution in [2.24, 2.45) is 0 Å². The van der Waals surface area contributed by atoms with Crippen LogP contribution in [0.3, 0.4) is 0 Å². The fraction of sp³-hybridized carbons (Fsp3) is 0.635. The molecule has 6 nitrogen and oxygen atoms in total. The Morgan fingerprint density at radius 3 is 0.762 bits per heavy atom. The number of carbonyl (C=O) groups is 3. The highest BCUT2D eigenvalue weighted by molar-refractivity contribution is 5.71. The smallest absolute Gasteiger partial charge is 0.306 e. The van der Waals surface area contributed by atoms with Gasteiger partial charge in [0.2, 0.25) is 0 Å². The molecule has 0 bridgehead atoms. The van der Waals surface area contributed by atoms with Crippen LogP contribution in [0.1, 0.15) is 284 Å². The Labute approximate surface area is 493 Å². The van der Waals surface area contributed by atoms with Crippen LogP contribution in [-0.2, 0) is 28.6 Å². The molecular formula is C74H120O6. The van der Waals surface area contributed by atoms with Gasteiger partial charge in [-0.25, -0.2) is 0 Å². The number of carbonyl (C=O) groups excluding carboxylic acids is 3. The van der Waals surface area contributed by atoms with Gasteiger partial charge >= 0.3 is 17.9 Å². The zero-order valence-corrected chi connectivity index (χ0v) is 51.8. The zero-order chi connectivity index (χ0) is 57.8. The Kier molecular flexibility index (Phi) is 62.9. The van der Waals surface area contributed by atoms with Crippen molar-refractivity contribution in [3.8, 4) is 0 Å². The van der Waals surface area contributed by atoms with E-state index < -0.39 is 6.10 Å². The van der Waals surface area contributed by atoms with E-state index in [4.69, 9.17) is 14.2 Å². The molecule has 0 N–H and O–H groups in total. The van der Waals surface area contributed by atoms with E-state index >= 15 is 0 Å². The second-order valence-electron chi connectivity index (χ2n) is 21.3. The highest BCUT2D eigenvalue weighted by Gasteiger charge is 2.19. The van der Waals surface area contributed by atoms with Gasteiger partial charge in [-0.2, -0.15) is 0 Å². The van der Waals surface area contributed by atoms with E-state index in [-0.39, 0.29) is 31.1 Å². The third kappa shape index (κ3) is 64.1. The summed E-state index contributed by atoms with van der Waals surface area (Å²) in [7, 11) is 0. The quantitative estimate of drug-likeness (QED) is 0.0261. The Hall–Kier alpha value is -4.71. The number of hydrogen-bond donors (Lipinski definition) is 0. The molecule has 0 aromatic heterocycles. The van der Waals surface area contributed by atoms with Gasteiger partial charge in [0.1, 0.15) is 13.2 Å². The minimum Gasteiger partial charge on any atom is -0.462 e. The number of hydrogen-bond acceptors (Lipinski definition) is 6. The number of ether oxygens (including phenoxy) is 3. The van der Waals surface area contributed by atoms with Crippen molar-refractivity contribution in [2.45, 2.75) is 290 Å². The van der Waals surface area contributed by atoms with Crippen LogP contribution in [0.15, 0.2) is 146 Å². The van der Waals surface area contributed by atoms with Gasteiger partial charge in [-0.1, -0.05) is 289 Å². The Balaban J connectivity index is 4.34. The van der Waals surface area contributed by atoms with Gasteiger partial charge < -0.3 is 14.2 Å². The van der Waals surface area contributed by atoms with Crippen LogP contribution < -0.4 is 0 Å². The molecule has 80 heavy (non-hydrogen) atoms. The summed E-state index contributed by atoms with van der Waals surface area (Å²) in [5.41, 5.74) is 0. The highest BCUT2D eigenvalue weighted by atomic mass is 16.6. The van der Waals surface area contributed by atoms with E-state index in [2.05, 4.69) is 167 Å². The summed E-state index contributed by atoms with van der Waals surface area (Å²) in [6, 6.07) is 0. The summed E-state index contributed by atoms with van der Waals surface area (Å²) in [5, 5.41) is 0. The SMILES string of the molecule is CC/C=C\C/C=C\C/C=C\C/C=C\C/C=C\C/C=C\C/C=C\CCCCCCCC(=O)OCC(COC(=O)CCCCCCCCCCCC)OC(=O)CCCCCCCCCCC/C=C\C/C=C\C/C=C\C/C=C\C/C=C\CC. The lowest BCUT2D eigenvalue weighted by molar-refractivity contribution is -0.167. The summed E-state index contributed by atoms with van der Waals surface area (Å²) in [6.45, 7) is 6.38. The highest BCUT2D eigenvalue weighted by Crippen LogP contribution is 2.15. The lowest BCUT2D eigenvalue weighted by Gasteiger charge is -2.18. The lowest BCUT2D eigenvalue weighted by atomic mass is 10.1. The number of esters is 3. The molecule has 0 aliphatic carbocycles. The second-order valence-corrected chi connectivity index (χ2v) is 21.3. The first-order chi connectivity index (χ1) is 39.5. The average Bonchev–Trinajstić information content (AvgIpc) is 3.46. The zero-order valence-electron chi connectivity index (χ0n) is 51.8. The minimum absolute atomic E-state index is 0.0895. The standard InChI is InChI=1S/C74H120O6/c1-4-7-10-13-16-19-22-24-26-28-30-32-34-36-37-39-40-42-44-46-48-50-52-55-58-61-64-67-73(76)79-70-71(69-78-72(75)66-63-60-57-54-21-18-15-12-9-6-3)80-74(77)68-65-62-59-56-53-51-49-47-45-43-41-38-35-33-31-29-27-25-23-20-17-14-11-8-5-2/h7-8,10-11,16-17,19-20,24-27,30-33,36-38,40-42,46,48,71H,4-6,9,12-15,18,21-23,28-29,34-35,39,43-45,47,49-70H2,1-3H3/b10-7-,11-8-,19-16-,20-17-,26-24-,27-25-,32-30-,33-31-,37-36-,41-38-,42-40-,48-46-. The first kappa shape index (κ1) is 75.3. The largest absolute Gasteiger partial charge is 0.462 e. The van der Waals surface area contributed by atoms with Crippen molar-refractivity contribution in [1.29, 1.82) is 0 Å². The van der Waals surface area contributed by atoms with Crippen LogP contribution in [0.5, 0.6) is 0 Å². The summed E-state index contributed by atoms with van der Waals surface area (Å²) in [6.07, 6.45) is 95.7. The number of unbranched alkanes of at least 4 members (excludes halogenated alkanes) is 23. The molecule has 0 saturated carbocycles. The lowest BCUT2D eigenvalue weighted by Crippen LogP contribution is -2.30. The van der Waals surface area contributed by atoms with Crippen molar-refractivity contribution < 1.29 is 28.6 Å². The molecule has 0 amide bonds.